The van der Waals surface area contributed by atoms with E-state index in [1.54, 1.807) is 6.07 Å². The lowest BCUT2D eigenvalue weighted by atomic mass is 10.1. The van der Waals surface area contributed by atoms with Crippen LogP contribution in [0, 0.1) is 0 Å². The standard InChI is InChI=1S/C16H16N2O6S/c1-8(15(21)22)24-11-5-4-9(7-12(11)23-3)6-10-13(19)17-16(25)18(2)14(10)20/h4-8H,1-3H3,(H,21,22)(H,17,19,25)/b10-6+/t8-/m0/s1. The maximum Gasteiger partial charge on any atom is 0.344 e. The highest BCUT2D eigenvalue weighted by molar-refractivity contribution is 7.80. The van der Waals surface area contributed by atoms with Gasteiger partial charge in [-0.05, 0) is 42.9 Å². The summed E-state index contributed by atoms with van der Waals surface area (Å²) in [5, 5.41) is 11.4. The summed E-state index contributed by atoms with van der Waals surface area (Å²) in [5.74, 6) is -1.72. The number of ether oxygens (including phenoxy) is 2. The Morgan fingerprint density at radius 1 is 1.36 bits per heavy atom. The van der Waals surface area contributed by atoms with Crippen molar-refractivity contribution in [3.05, 3.63) is 29.3 Å². The van der Waals surface area contributed by atoms with Crippen molar-refractivity contribution in [3.63, 3.8) is 0 Å². The van der Waals surface area contributed by atoms with Gasteiger partial charge in [-0.3, -0.25) is 19.8 Å². The molecule has 9 heteroatoms. The smallest absolute Gasteiger partial charge is 0.344 e. The van der Waals surface area contributed by atoms with Gasteiger partial charge in [0.25, 0.3) is 11.8 Å². The lowest BCUT2D eigenvalue weighted by molar-refractivity contribution is -0.144. The normalized spacial score (nSPS) is 17.3. The van der Waals surface area contributed by atoms with Crippen LogP contribution in [0.4, 0.5) is 0 Å². The lowest BCUT2D eigenvalue weighted by Crippen LogP contribution is -2.52. The summed E-state index contributed by atoms with van der Waals surface area (Å²) in [6.07, 6.45) is 0.335. The fourth-order valence-corrected chi connectivity index (χ4v) is 2.20. The molecule has 1 atom stereocenters. The van der Waals surface area contributed by atoms with Crippen LogP contribution in [-0.4, -0.2) is 53.2 Å². The van der Waals surface area contributed by atoms with Crippen molar-refractivity contribution < 1.29 is 29.0 Å². The van der Waals surface area contributed by atoms with E-state index in [1.165, 1.54) is 39.3 Å². The number of carboxylic acid groups (broad SMARTS) is 1. The van der Waals surface area contributed by atoms with E-state index in [9.17, 15) is 14.4 Å². The highest BCUT2D eigenvalue weighted by Gasteiger charge is 2.30. The average molecular weight is 364 g/mol. The van der Waals surface area contributed by atoms with Crippen molar-refractivity contribution in [2.24, 2.45) is 0 Å². The SMILES string of the molecule is COc1cc(/C=C2\C(=O)NC(=S)N(C)C2=O)ccc1O[C@@H](C)C(=O)O. The largest absolute Gasteiger partial charge is 0.493 e. The predicted octanol–water partition coefficient (Wildman–Crippen LogP) is 0.804. The number of likely N-dealkylation sites (N-methyl/N-ethyl adjacent to an activating group) is 1. The molecule has 1 heterocycles. The van der Waals surface area contributed by atoms with Crippen molar-refractivity contribution in [2.45, 2.75) is 13.0 Å². The minimum Gasteiger partial charge on any atom is -0.493 e. The fourth-order valence-electron chi connectivity index (χ4n) is 2.02. The van der Waals surface area contributed by atoms with E-state index in [2.05, 4.69) is 5.32 Å². The van der Waals surface area contributed by atoms with Crippen LogP contribution in [0.3, 0.4) is 0 Å². The number of nitrogens with one attached hydrogen (secondary N) is 1. The molecule has 0 spiro atoms. The summed E-state index contributed by atoms with van der Waals surface area (Å²) in [7, 11) is 2.86. The second kappa shape index (κ2) is 7.31. The zero-order valence-electron chi connectivity index (χ0n) is 13.7. The number of carboxylic acids is 1. The molecule has 132 valence electrons. The van der Waals surface area contributed by atoms with Crippen LogP contribution in [0.1, 0.15) is 12.5 Å². The molecule has 0 bridgehead atoms. The molecule has 2 amide bonds. The molecule has 1 saturated heterocycles. The number of hydrogen-bond donors (Lipinski definition) is 2. The molecule has 2 N–H and O–H groups in total. The third-order valence-corrected chi connectivity index (χ3v) is 3.83. The highest BCUT2D eigenvalue weighted by Crippen LogP contribution is 2.30. The van der Waals surface area contributed by atoms with Crippen LogP contribution in [0.5, 0.6) is 11.5 Å². The van der Waals surface area contributed by atoms with Crippen LogP contribution >= 0.6 is 12.2 Å². The second-order valence-corrected chi connectivity index (χ2v) is 5.58. The number of hydrogen-bond acceptors (Lipinski definition) is 6. The molecule has 1 aromatic rings. The maximum atomic E-state index is 12.2. The number of nitrogens with zero attached hydrogens (tertiary/aromatic N) is 1. The number of methoxy groups -OCH3 is 1. The summed E-state index contributed by atoms with van der Waals surface area (Å²) >= 11 is 4.88. The zero-order valence-corrected chi connectivity index (χ0v) is 14.5. The topological polar surface area (TPSA) is 105 Å². The van der Waals surface area contributed by atoms with Crippen molar-refractivity contribution in [3.8, 4) is 11.5 Å². The molecule has 0 aromatic heterocycles. The van der Waals surface area contributed by atoms with Gasteiger partial charge in [0.2, 0.25) is 0 Å². The monoisotopic (exact) mass is 364 g/mol. The second-order valence-electron chi connectivity index (χ2n) is 5.19. The van der Waals surface area contributed by atoms with E-state index in [4.69, 9.17) is 26.8 Å². The number of thiocarbonyl (C=S) groups is 1. The number of amides is 2. The van der Waals surface area contributed by atoms with Gasteiger partial charge in [0.1, 0.15) is 5.57 Å². The Kier molecular flexibility index (Phi) is 5.38. The number of carbonyl (C=O) groups excluding carboxylic acids is 2. The molecule has 0 unspecified atom stereocenters. The first-order chi connectivity index (χ1) is 11.7. The van der Waals surface area contributed by atoms with Crippen LogP contribution in [0.15, 0.2) is 23.8 Å². The summed E-state index contributed by atoms with van der Waals surface area (Å²) < 4.78 is 10.5. The molecule has 0 radical (unpaired) electrons. The molecule has 1 aliphatic rings. The van der Waals surface area contributed by atoms with Crippen molar-refractivity contribution >= 4 is 41.2 Å². The molecular weight excluding hydrogens is 348 g/mol. The van der Waals surface area contributed by atoms with E-state index in [-0.39, 0.29) is 22.2 Å². The Balaban J connectivity index is 2.34. The van der Waals surface area contributed by atoms with Crippen molar-refractivity contribution in [1.82, 2.24) is 10.2 Å². The van der Waals surface area contributed by atoms with Gasteiger partial charge >= 0.3 is 5.97 Å². The van der Waals surface area contributed by atoms with Crippen molar-refractivity contribution in [2.75, 3.05) is 14.2 Å². The third kappa shape index (κ3) is 3.94. The summed E-state index contributed by atoms with van der Waals surface area (Å²) in [6.45, 7) is 1.39. The molecule has 1 fully saturated rings. The van der Waals surface area contributed by atoms with Gasteiger partial charge in [-0.2, -0.15) is 0 Å². The van der Waals surface area contributed by atoms with Gasteiger partial charge in [0.05, 0.1) is 7.11 Å². The molecule has 2 rings (SSSR count). The minimum atomic E-state index is -1.11. The third-order valence-electron chi connectivity index (χ3n) is 3.45. The fraction of sp³-hybridized carbons (Fsp3) is 0.250. The van der Waals surface area contributed by atoms with Crippen LogP contribution in [0.2, 0.25) is 0 Å². The van der Waals surface area contributed by atoms with E-state index in [0.29, 0.717) is 5.56 Å². The summed E-state index contributed by atoms with van der Waals surface area (Å²) in [4.78, 5) is 36.2. The van der Waals surface area contributed by atoms with E-state index in [0.717, 1.165) is 4.90 Å². The maximum absolute atomic E-state index is 12.2. The highest BCUT2D eigenvalue weighted by atomic mass is 32.1. The van der Waals surface area contributed by atoms with Crippen molar-refractivity contribution in [1.29, 1.82) is 0 Å². The van der Waals surface area contributed by atoms with Gasteiger partial charge in [-0.15, -0.1) is 0 Å². The molecule has 25 heavy (non-hydrogen) atoms. The number of benzene rings is 1. The van der Waals surface area contributed by atoms with Crippen LogP contribution in [-0.2, 0) is 14.4 Å². The first-order valence-electron chi connectivity index (χ1n) is 7.17. The Hall–Kier alpha value is -2.94. The molecule has 1 aliphatic heterocycles. The Morgan fingerprint density at radius 2 is 2.04 bits per heavy atom. The van der Waals surface area contributed by atoms with Gasteiger partial charge < -0.3 is 14.6 Å². The van der Waals surface area contributed by atoms with E-state index < -0.39 is 23.9 Å². The number of carbonyl (C=O) groups is 3. The van der Waals surface area contributed by atoms with Crippen LogP contribution in [0.25, 0.3) is 6.08 Å². The first kappa shape index (κ1) is 18.4. The van der Waals surface area contributed by atoms with Gasteiger partial charge in [0.15, 0.2) is 22.7 Å². The van der Waals surface area contributed by atoms with Crippen LogP contribution < -0.4 is 14.8 Å². The van der Waals surface area contributed by atoms with Gasteiger partial charge in [0, 0.05) is 7.05 Å². The van der Waals surface area contributed by atoms with Gasteiger partial charge in [-0.25, -0.2) is 4.79 Å². The Labute approximate surface area is 149 Å². The molecule has 0 saturated carbocycles. The zero-order chi connectivity index (χ0) is 18.7. The summed E-state index contributed by atoms with van der Waals surface area (Å²) in [6, 6.07) is 4.61. The number of aliphatic carboxylic acids is 1. The van der Waals surface area contributed by atoms with Gasteiger partial charge in [-0.1, -0.05) is 6.07 Å². The molecule has 1 aromatic carbocycles. The predicted molar refractivity (Wildman–Crippen MR) is 92.2 cm³/mol. The minimum absolute atomic E-state index is 0.0381. The average Bonchev–Trinajstić information content (AvgIpc) is 2.57. The first-order valence-corrected chi connectivity index (χ1v) is 7.58. The molecule has 8 nitrogen and oxygen atoms in total. The number of rotatable bonds is 5. The van der Waals surface area contributed by atoms with E-state index >= 15 is 0 Å². The lowest BCUT2D eigenvalue weighted by Gasteiger charge is -2.25. The molecular formula is C16H16N2O6S. The Morgan fingerprint density at radius 3 is 2.64 bits per heavy atom. The van der Waals surface area contributed by atoms with E-state index in [1.807, 2.05) is 0 Å². The Bertz CT molecular complexity index is 789. The quantitative estimate of drug-likeness (QED) is 0.452. The summed E-state index contributed by atoms with van der Waals surface area (Å²) in [5.41, 5.74) is 0.428. The molecule has 0 aliphatic carbocycles.